The number of hydrogen-bond donors (Lipinski definition) is 2. The van der Waals surface area contributed by atoms with E-state index in [2.05, 4.69) is 10.7 Å². The summed E-state index contributed by atoms with van der Waals surface area (Å²) in [5.41, 5.74) is 5.76. The highest BCUT2D eigenvalue weighted by Gasteiger charge is 2.47. The predicted octanol–water partition coefficient (Wildman–Crippen LogP) is 4.33. The van der Waals surface area contributed by atoms with Crippen molar-refractivity contribution < 1.29 is 19.0 Å². The zero-order chi connectivity index (χ0) is 23.5. The summed E-state index contributed by atoms with van der Waals surface area (Å²) < 4.78 is 6.91. The van der Waals surface area contributed by atoms with Gasteiger partial charge in [0.2, 0.25) is 12.3 Å². The van der Waals surface area contributed by atoms with Gasteiger partial charge in [-0.25, -0.2) is 0 Å². The van der Waals surface area contributed by atoms with Crippen LogP contribution in [0.15, 0.2) is 66.7 Å². The molecule has 0 bridgehead atoms. The molecule has 168 valence electrons. The van der Waals surface area contributed by atoms with Gasteiger partial charge in [-0.1, -0.05) is 40.9 Å². The fraction of sp³-hybridized carbons (Fsp3) is 0.160. The molecule has 0 saturated carbocycles. The van der Waals surface area contributed by atoms with Crippen LogP contribution in [0.1, 0.15) is 33.1 Å². The fourth-order valence-corrected chi connectivity index (χ4v) is 4.21. The summed E-state index contributed by atoms with van der Waals surface area (Å²) in [7, 11) is 1.59. The van der Waals surface area contributed by atoms with Gasteiger partial charge in [-0.3, -0.25) is 9.59 Å². The molecule has 8 heteroatoms. The molecule has 33 heavy (non-hydrogen) atoms. The monoisotopic (exact) mass is 482 g/mol. The van der Waals surface area contributed by atoms with E-state index >= 15 is 0 Å². The lowest BCUT2D eigenvalue weighted by molar-refractivity contribution is -0.596. The van der Waals surface area contributed by atoms with E-state index in [1.54, 1.807) is 48.3 Å². The largest absolute Gasteiger partial charge is 0.497 e. The molecule has 2 N–H and O–H groups in total. The third-order valence-electron chi connectivity index (χ3n) is 5.40. The van der Waals surface area contributed by atoms with Crippen molar-refractivity contribution in [2.45, 2.75) is 19.0 Å². The van der Waals surface area contributed by atoms with E-state index in [1.165, 1.54) is 0 Å². The Morgan fingerprint density at radius 1 is 1.09 bits per heavy atom. The SMILES string of the molecule is COc1ccc([C@H]2[C@@H](NC(=O)c3cccc(C)c3)C(=O)N/[N+]2=C\c2ccc(Cl)cc2Cl)cc1. The molecule has 0 aromatic heterocycles. The molecule has 0 radical (unpaired) electrons. The second-order valence-electron chi connectivity index (χ2n) is 7.72. The lowest BCUT2D eigenvalue weighted by Crippen LogP contribution is -2.42. The average molecular weight is 483 g/mol. The van der Waals surface area contributed by atoms with Gasteiger partial charge in [-0.2, -0.15) is 0 Å². The van der Waals surface area contributed by atoms with Gasteiger partial charge in [0.1, 0.15) is 5.75 Å². The summed E-state index contributed by atoms with van der Waals surface area (Å²) in [4.78, 5) is 25.9. The summed E-state index contributed by atoms with van der Waals surface area (Å²) in [5.74, 6) is 0.0227. The maximum atomic E-state index is 13.0. The van der Waals surface area contributed by atoms with Crippen molar-refractivity contribution in [3.63, 3.8) is 0 Å². The lowest BCUT2D eigenvalue weighted by Gasteiger charge is -2.15. The normalized spacial score (nSPS) is 18.8. The van der Waals surface area contributed by atoms with E-state index in [0.29, 0.717) is 26.9 Å². The minimum atomic E-state index is -0.839. The maximum absolute atomic E-state index is 13.0. The first-order chi connectivity index (χ1) is 15.9. The van der Waals surface area contributed by atoms with E-state index < -0.39 is 12.1 Å². The van der Waals surface area contributed by atoms with Crippen LogP contribution in [0.25, 0.3) is 0 Å². The van der Waals surface area contributed by atoms with E-state index in [4.69, 9.17) is 27.9 Å². The van der Waals surface area contributed by atoms with E-state index in [0.717, 1.165) is 11.1 Å². The number of rotatable bonds is 5. The number of ether oxygens (including phenoxy) is 1. The average Bonchev–Trinajstić information content (AvgIpc) is 3.10. The smallest absolute Gasteiger partial charge is 0.304 e. The van der Waals surface area contributed by atoms with Crippen LogP contribution in [0, 0.1) is 6.92 Å². The number of carbonyl (C=O) groups is 2. The van der Waals surface area contributed by atoms with Gasteiger partial charge in [0, 0.05) is 16.1 Å². The zero-order valence-electron chi connectivity index (χ0n) is 18.0. The molecule has 3 aromatic carbocycles. The molecule has 0 aliphatic carbocycles. The molecule has 2 amide bonds. The molecule has 2 atom stereocenters. The number of hydrogen-bond acceptors (Lipinski definition) is 3. The Balaban J connectivity index is 1.73. The molecular weight excluding hydrogens is 461 g/mol. The van der Waals surface area contributed by atoms with E-state index in [-0.39, 0.29) is 11.8 Å². The fourth-order valence-electron chi connectivity index (χ4n) is 3.75. The molecule has 3 aromatic rings. The van der Waals surface area contributed by atoms with E-state index in [9.17, 15) is 9.59 Å². The van der Waals surface area contributed by atoms with Gasteiger partial charge in [0.15, 0.2) is 6.04 Å². The number of amides is 2. The number of nitrogens with zero attached hydrogens (tertiary/aromatic N) is 1. The molecule has 0 spiro atoms. The van der Waals surface area contributed by atoms with Gasteiger partial charge in [-0.05, 0) is 61.5 Å². The quantitative estimate of drug-likeness (QED) is 0.531. The van der Waals surface area contributed by atoms with Crippen LogP contribution < -0.4 is 15.5 Å². The Hall–Kier alpha value is -3.35. The Kier molecular flexibility index (Phi) is 6.67. The Bertz CT molecular complexity index is 1240. The number of nitrogens with one attached hydrogen (secondary N) is 2. The minimum absolute atomic E-state index is 0.330. The highest BCUT2D eigenvalue weighted by Crippen LogP contribution is 2.28. The highest BCUT2D eigenvalue weighted by atomic mass is 35.5. The Morgan fingerprint density at radius 3 is 2.52 bits per heavy atom. The molecular formula is C25H22Cl2N3O3+. The van der Waals surface area contributed by atoms with Crippen LogP contribution in [-0.2, 0) is 4.79 Å². The van der Waals surface area contributed by atoms with Gasteiger partial charge < -0.3 is 10.1 Å². The first-order valence-corrected chi connectivity index (χ1v) is 11.0. The molecule has 1 heterocycles. The summed E-state index contributed by atoms with van der Waals surface area (Å²) in [6.45, 7) is 1.91. The van der Waals surface area contributed by atoms with Crippen LogP contribution in [0.3, 0.4) is 0 Å². The first kappa shape index (κ1) is 22.8. The first-order valence-electron chi connectivity index (χ1n) is 10.3. The van der Waals surface area contributed by atoms with Crippen LogP contribution in [0.2, 0.25) is 10.0 Å². The van der Waals surface area contributed by atoms with Crippen LogP contribution in [-0.4, -0.2) is 35.9 Å². The van der Waals surface area contributed by atoms with Crippen molar-refractivity contribution >= 4 is 41.2 Å². The number of carbonyl (C=O) groups excluding carboxylic acids is 2. The molecule has 6 nitrogen and oxygen atoms in total. The summed E-state index contributed by atoms with van der Waals surface area (Å²) >= 11 is 12.4. The van der Waals surface area contributed by atoms with Crippen LogP contribution in [0.4, 0.5) is 0 Å². The minimum Gasteiger partial charge on any atom is -0.497 e. The number of hydrazone groups is 1. The van der Waals surface area contributed by atoms with E-state index in [1.807, 2.05) is 43.3 Å². The van der Waals surface area contributed by atoms with Crippen molar-refractivity contribution in [3.8, 4) is 5.75 Å². The van der Waals surface area contributed by atoms with Crippen molar-refractivity contribution in [3.05, 3.63) is 99.0 Å². The third-order valence-corrected chi connectivity index (χ3v) is 5.96. The predicted molar refractivity (Wildman–Crippen MR) is 128 cm³/mol. The molecule has 1 saturated heterocycles. The topological polar surface area (TPSA) is 70.4 Å². The maximum Gasteiger partial charge on any atom is 0.304 e. The highest BCUT2D eigenvalue weighted by molar-refractivity contribution is 6.36. The number of benzene rings is 3. The lowest BCUT2D eigenvalue weighted by atomic mass is 9.99. The van der Waals surface area contributed by atoms with Gasteiger partial charge in [-0.15, -0.1) is 10.1 Å². The third kappa shape index (κ3) is 5.02. The number of hydrazine groups is 1. The summed E-state index contributed by atoms with van der Waals surface area (Å²) in [5, 5.41) is 3.84. The number of aryl methyl sites for hydroxylation is 1. The van der Waals surface area contributed by atoms with Gasteiger partial charge >= 0.3 is 5.91 Å². The van der Waals surface area contributed by atoms with Crippen molar-refractivity contribution in [2.75, 3.05) is 7.11 Å². The van der Waals surface area contributed by atoms with Crippen molar-refractivity contribution in [1.82, 2.24) is 10.7 Å². The second kappa shape index (κ2) is 9.65. The number of halogens is 2. The van der Waals surface area contributed by atoms with Crippen molar-refractivity contribution in [1.29, 1.82) is 0 Å². The summed E-state index contributed by atoms with van der Waals surface area (Å²) in [6.07, 6.45) is 1.73. The molecule has 1 fully saturated rings. The molecule has 1 aliphatic heterocycles. The Morgan fingerprint density at radius 2 is 1.85 bits per heavy atom. The zero-order valence-corrected chi connectivity index (χ0v) is 19.5. The van der Waals surface area contributed by atoms with Gasteiger partial charge in [0.25, 0.3) is 5.91 Å². The summed E-state index contributed by atoms with van der Waals surface area (Å²) in [6, 6.07) is 18.3. The van der Waals surface area contributed by atoms with Crippen molar-refractivity contribution in [2.24, 2.45) is 0 Å². The second-order valence-corrected chi connectivity index (χ2v) is 8.56. The molecule has 1 aliphatic rings. The van der Waals surface area contributed by atoms with Gasteiger partial charge in [0.05, 0.1) is 17.7 Å². The molecule has 0 unspecified atom stereocenters. The standard InChI is InChI=1S/C25H21Cl2N3O3/c1-15-4-3-5-17(12-15)24(31)28-22-23(16-7-10-20(33-2)11-8-16)30(29-25(22)32)14-18-6-9-19(26)13-21(18)27/h3-14,22-23H,1-2H3,(H-,28,29,31,32)/p+1/b30-14-/t22-,23+/m1/s1. The number of methoxy groups -OCH3 is 1. The molecule has 4 rings (SSSR count). The Labute approximate surface area is 201 Å². The van der Waals surface area contributed by atoms with Crippen LogP contribution >= 0.6 is 23.2 Å². The van der Waals surface area contributed by atoms with Crippen LogP contribution in [0.5, 0.6) is 5.75 Å².